The smallest absolute Gasteiger partial charge is 0.147 e. The van der Waals surface area contributed by atoms with Crippen molar-refractivity contribution >= 4 is 35.0 Å². The minimum atomic E-state index is 0.242. The van der Waals surface area contributed by atoms with Crippen LogP contribution in [0.2, 0.25) is 10.3 Å². The highest BCUT2D eigenvalue weighted by Crippen LogP contribution is 2.30. The molecular weight excluding hydrogens is 227 g/mol. The summed E-state index contributed by atoms with van der Waals surface area (Å²) in [5.41, 5.74) is 0. The van der Waals surface area contributed by atoms with Gasteiger partial charge in [-0.15, -0.1) is 11.8 Å². The Morgan fingerprint density at radius 2 is 1.62 bits per heavy atom. The second kappa shape index (κ2) is 4.49. The van der Waals surface area contributed by atoms with Crippen molar-refractivity contribution in [1.29, 1.82) is 0 Å². The van der Waals surface area contributed by atoms with Crippen molar-refractivity contribution in [2.45, 2.75) is 24.7 Å². The summed E-state index contributed by atoms with van der Waals surface area (Å²) < 4.78 is 0. The maximum absolute atomic E-state index is 5.92. The molecule has 1 heterocycles. The lowest BCUT2D eigenvalue weighted by Gasteiger charge is -2.07. The molecule has 1 rings (SSSR count). The van der Waals surface area contributed by atoms with Gasteiger partial charge < -0.3 is 0 Å². The second-order valence-electron chi connectivity index (χ2n) is 2.85. The molecule has 0 aliphatic heterocycles. The minimum Gasteiger partial charge on any atom is -0.220 e. The molecule has 13 heavy (non-hydrogen) atoms. The predicted octanol–water partition coefficient (Wildman–Crippen LogP) is 3.63. The summed E-state index contributed by atoms with van der Waals surface area (Å²) in [4.78, 5) is 9.05. The van der Waals surface area contributed by atoms with E-state index in [4.69, 9.17) is 23.2 Å². The van der Waals surface area contributed by atoms with E-state index in [0.717, 1.165) is 4.90 Å². The molecule has 0 aliphatic rings. The normalized spacial score (nSPS) is 10.9. The van der Waals surface area contributed by atoms with Gasteiger partial charge in [0.1, 0.15) is 16.1 Å². The van der Waals surface area contributed by atoms with Gasteiger partial charge in [-0.3, -0.25) is 0 Å². The van der Waals surface area contributed by atoms with Crippen LogP contribution in [0.15, 0.2) is 4.90 Å². The van der Waals surface area contributed by atoms with Crippen molar-refractivity contribution in [2.75, 3.05) is 6.26 Å². The highest BCUT2D eigenvalue weighted by atomic mass is 35.5. The fourth-order valence-electron chi connectivity index (χ4n) is 0.839. The summed E-state index contributed by atoms with van der Waals surface area (Å²) in [6.45, 7) is 4.00. The zero-order chi connectivity index (χ0) is 10.0. The summed E-state index contributed by atoms with van der Waals surface area (Å²) in [7, 11) is 0. The molecule has 0 amide bonds. The Balaban J connectivity index is 3.20. The van der Waals surface area contributed by atoms with Crippen LogP contribution >= 0.6 is 35.0 Å². The van der Waals surface area contributed by atoms with Gasteiger partial charge in [-0.2, -0.15) is 0 Å². The van der Waals surface area contributed by atoms with Crippen molar-refractivity contribution in [3.63, 3.8) is 0 Å². The van der Waals surface area contributed by atoms with E-state index in [1.807, 2.05) is 20.1 Å². The van der Waals surface area contributed by atoms with Gasteiger partial charge in [0.15, 0.2) is 0 Å². The standard InChI is InChI=1S/C8H10Cl2N2S/c1-4(2)8-11-6(9)5(13-3)7(10)12-8/h4H,1-3H3. The molecule has 5 heteroatoms. The average molecular weight is 237 g/mol. The predicted molar refractivity (Wildman–Crippen MR) is 57.9 cm³/mol. The summed E-state index contributed by atoms with van der Waals surface area (Å²) in [6, 6.07) is 0. The summed E-state index contributed by atoms with van der Waals surface area (Å²) >= 11 is 13.3. The van der Waals surface area contributed by atoms with Crippen LogP contribution in [-0.2, 0) is 0 Å². The topological polar surface area (TPSA) is 25.8 Å². The van der Waals surface area contributed by atoms with Crippen LogP contribution in [0.1, 0.15) is 25.6 Å². The summed E-state index contributed by atoms with van der Waals surface area (Å²) in [5.74, 6) is 0.929. The van der Waals surface area contributed by atoms with Gasteiger partial charge in [0.05, 0.1) is 4.90 Å². The van der Waals surface area contributed by atoms with Crippen LogP contribution in [-0.4, -0.2) is 16.2 Å². The Kier molecular flexibility index (Phi) is 3.83. The Morgan fingerprint density at radius 3 is 1.92 bits per heavy atom. The van der Waals surface area contributed by atoms with Gasteiger partial charge in [0, 0.05) is 5.92 Å². The summed E-state index contributed by atoms with van der Waals surface area (Å²) in [6.07, 6.45) is 1.89. The van der Waals surface area contributed by atoms with Crippen LogP contribution < -0.4 is 0 Å². The lowest BCUT2D eigenvalue weighted by Crippen LogP contribution is -1.99. The van der Waals surface area contributed by atoms with E-state index in [0.29, 0.717) is 16.1 Å². The molecule has 1 aromatic rings. The fourth-order valence-corrected chi connectivity index (χ4v) is 2.13. The van der Waals surface area contributed by atoms with Gasteiger partial charge in [-0.1, -0.05) is 37.0 Å². The molecule has 0 radical (unpaired) electrons. The molecule has 72 valence electrons. The lowest BCUT2D eigenvalue weighted by molar-refractivity contribution is 0.766. The van der Waals surface area contributed by atoms with Gasteiger partial charge in [-0.25, -0.2) is 9.97 Å². The van der Waals surface area contributed by atoms with Crippen molar-refractivity contribution in [2.24, 2.45) is 0 Å². The Labute approximate surface area is 92.1 Å². The first kappa shape index (κ1) is 11.1. The number of thioether (sulfide) groups is 1. The monoisotopic (exact) mass is 236 g/mol. The van der Waals surface area contributed by atoms with Crippen molar-refractivity contribution in [1.82, 2.24) is 9.97 Å². The lowest BCUT2D eigenvalue weighted by atomic mass is 10.2. The molecule has 0 unspecified atom stereocenters. The SMILES string of the molecule is CSc1c(Cl)nc(C(C)C)nc1Cl. The van der Waals surface area contributed by atoms with Crippen LogP contribution in [0.3, 0.4) is 0 Å². The van der Waals surface area contributed by atoms with Crippen LogP contribution in [0.4, 0.5) is 0 Å². The molecule has 2 nitrogen and oxygen atoms in total. The molecule has 0 saturated carbocycles. The van der Waals surface area contributed by atoms with Gasteiger partial charge in [0.2, 0.25) is 0 Å². The number of hydrogen-bond acceptors (Lipinski definition) is 3. The number of halogens is 2. The number of aromatic nitrogens is 2. The van der Waals surface area contributed by atoms with E-state index in [2.05, 4.69) is 9.97 Å². The molecule has 0 spiro atoms. The quantitative estimate of drug-likeness (QED) is 0.580. The highest BCUT2D eigenvalue weighted by Gasteiger charge is 2.12. The first-order valence-corrected chi connectivity index (χ1v) is 5.81. The molecule has 0 N–H and O–H groups in total. The largest absolute Gasteiger partial charge is 0.220 e. The minimum absolute atomic E-state index is 0.242. The highest BCUT2D eigenvalue weighted by molar-refractivity contribution is 7.98. The summed E-state index contributed by atoms with van der Waals surface area (Å²) in [5, 5.41) is 0.882. The fraction of sp³-hybridized carbons (Fsp3) is 0.500. The van der Waals surface area contributed by atoms with E-state index >= 15 is 0 Å². The Morgan fingerprint density at radius 1 is 1.15 bits per heavy atom. The van der Waals surface area contributed by atoms with E-state index in [1.165, 1.54) is 11.8 Å². The van der Waals surface area contributed by atoms with Crippen molar-refractivity contribution in [3.8, 4) is 0 Å². The molecule has 0 saturated heterocycles. The third kappa shape index (κ3) is 2.48. The molecule has 0 fully saturated rings. The van der Waals surface area contributed by atoms with Crippen molar-refractivity contribution < 1.29 is 0 Å². The van der Waals surface area contributed by atoms with Crippen molar-refractivity contribution in [3.05, 3.63) is 16.1 Å². The van der Waals surface area contributed by atoms with E-state index in [1.54, 1.807) is 0 Å². The van der Waals surface area contributed by atoms with Gasteiger partial charge >= 0.3 is 0 Å². The van der Waals surface area contributed by atoms with Crippen LogP contribution in [0.5, 0.6) is 0 Å². The number of rotatable bonds is 2. The van der Waals surface area contributed by atoms with Crippen LogP contribution in [0, 0.1) is 0 Å². The molecule has 1 aromatic heterocycles. The maximum Gasteiger partial charge on any atom is 0.147 e. The molecule has 0 bridgehead atoms. The average Bonchev–Trinajstić information content (AvgIpc) is 2.03. The molecule has 0 aliphatic carbocycles. The zero-order valence-corrected chi connectivity index (χ0v) is 9.96. The Hall–Kier alpha value is 0.01000. The first-order valence-electron chi connectivity index (χ1n) is 3.83. The third-order valence-electron chi connectivity index (χ3n) is 1.52. The van der Waals surface area contributed by atoms with Crippen LogP contribution in [0.25, 0.3) is 0 Å². The molecule has 0 aromatic carbocycles. The third-order valence-corrected chi connectivity index (χ3v) is 3.09. The number of nitrogens with zero attached hydrogens (tertiary/aromatic N) is 2. The van der Waals surface area contributed by atoms with E-state index in [-0.39, 0.29) is 5.92 Å². The molecule has 0 atom stereocenters. The van der Waals surface area contributed by atoms with E-state index < -0.39 is 0 Å². The first-order chi connectivity index (χ1) is 6.06. The molecular formula is C8H10Cl2N2S. The second-order valence-corrected chi connectivity index (χ2v) is 4.38. The number of hydrogen-bond donors (Lipinski definition) is 0. The van der Waals surface area contributed by atoms with Gasteiger partial charge in [-0.05, 0) is 6.26 Å². The Bertz CT molecular complexity index is 292. The zero-order valence-electron chi connectivity index (χ0n) is 7.64. The van der Waals surface area contributed by atoms with E-state index in [9.17, 15) is 0 Å². The maximum atomic E-state index is 5.92. The van der Waals surface area contributed by atoms with Gasteiger partial charge in [0.25, 0.3) is 0 Å².